The Balaban J connectivity index is 0.000000350. The zero-order valence-corrected chi connectivity index (χ0v) is 40.9. The molecule has 0 aliphatic carbocycles. The number of nitrogens with one attached hydrogen (secondary N) is 2. The molecule has 0 radical (unpaired) electrons. The molecule has 6 rings (SSSR count). The molecule has 352 valence electrons. The van der Waals surface area contributed by atoms with Crippen LogP contribution in [0.5, 0.6) is 0 Å². The van der Waals surface area contributed by atoms with Gasteiger partial charge in [-0.1, -0.05) is 97.1 Å². The van der Waals surface area contributed by atoms with E-state index < -0.39 is 75.7 Å². The second-order valence-electron chi connectivity index (χ2n) is 16.0. The summed E-state index contributed by atoms with van der Waals surface area (Å²) in [4.78, 5) is 75.8. The van der Waals surface area contributed by atoms with Crippen LogP contribution in [0.1, 0.15) is 84.2 Å². The number of hydrogen-bond acceptors (Lipinski definition) is 12. The Labute approximate surface area is 422 Å². The Morgan fingerprint density at radius 2 is 0.868 bits per heavy atom. The molecular weight excluding hydrogens is 900 g/mol. The molecule has 20 heteroatoms. The number of carbonyl (C=O) groups is 6. The van der Waals surface area contributed by atoms with Gasteiger partial charge in [0, 0.05) is 24.2 Å². The number of likely N-dealkylation sites (tertiary alicyclic amines) is 2. The summed E-state index contributed by atoms with van der Waals surface area (Å²) in [6.45, 7) is 3.47. The Morgan fingerprint density at radius 1 is 0.559 bits per heavy atom. The van der Waals surface area contributed by atoms with Gasteiger partial charge >= 0.3 is 37.7 Å². The Morgan fingerprint density at radius 3 is 1.18 bits per heavy atom. The van der Waals surface area contributed by atoms with Gasteiger partial charge in [-0.2, -0.15) is 0 Å². The van der Waals surface area contributed by atoms with E-state index in [4.69, 9.17) is 9.05 Å². The van der Waals surface area contributed by atoms with E-state index in [2.05, 4.69) is 10.6 Å². The number of hydrogen-bond donors (Lipinski definition) is 2. The molecule has 2 heterocycles. The van der Waals surface area contributed by atoms with Crippen molar-refractivity contribution in [2.75, 3.05) is 13.1 Å². The van der Waals surface area contributed by atoms with Gasteiger partial charge in [0.1, 0.15) is 23.8 Å². The maximum atomic E-state index is 13.1. The minimum atomic E-state index is -2.90. The summed E-state index contributed by atoms with van der Waals surface area (Å²) in [5.74, 6) is -6.07. The first-order chi connectivity index (χ1) is 31.7. The summed E-state index contributed by atoms with van der Waals surface area (Å²) in [7, 11) is -5.80. The van der Waals surface area contributed by atoms with E-state index in [-0.39, 0.29) is 62.6 Å². The van der Waals surface area contributed by atoms with Gasteiger partial charge in [-0.3, -0.25) is 28.3 Å². The molecule has 4 amide bonds. The summed E-state index contributed by atoms with van der Waals surface area (Å²) in [6, 6.07) is 34.3. The van der Waals surface area contributed by atoms with Crippen molar-refractivity contribution in [3.63, 3.8) is 0 Å². The summed E-state index contributed by atoms with van der Waals surface area (Å²) < 4.78 is 37.4. The van der Waals surface area contributed by atoms with Crippen LogP contribution in [0.2, 0.25) is 0 Å². The van der Waals surface area contributed by atoms with Crippen LogP contribution < -0.4 is 58.6 Å². The largest absolute Gasteiger partial charge is 1.00 e. The molecule has 2 fully saturated rings. The fourth-order valence-corrected chi connectivity index (χ4v) is 10.2. The molecule has 4 aromatic rings. The van der Waals surface area contributed by atoms with Crippen molar-refractivity contribution in [3.05, 3.63) is 144 Å². The summed E-state index contributed by atoms with van der Waals surface area (Å²) in [5, 5.41) is 28.2. The number of amides is 4. The summed E-state index contributed by atoms with van der Waals surface area (Å²) in [5.41, 5.74) is 2.89. The number of nitrogens with zero attached hydrogens (tertiary/aromatic N) is 2. The minimum Gasteiger partial charge on any atom is -0.548 e. The van der Waals surface area contributed by atoms with E-state index in [1.54, 1.807) is 60.7 Å². The van der Waals surface area contributed by atoms with E-state index >= 15 is 0 Å². The van der Waals surface area contributed by atoms with Crippen LogP contribution >= 0.6 is 16.1 Å². The summed E-state index contributed by atoms with van der Waals surface area (Å²) in [6.07, 6.45) is 1.36. The second kappa shape index (κ2) is 29.3. The molecule has 16 nitrogen and oxygen atoms in total. The molecule has 4 unspecified atom stereocenters. The van der Waals surface area contributed by atoms with Crippen LogP contribution in [0.25, 0.3) is 0 Å². The fourth-order valence-electron chi connectivity index (χ4n) is 7.70. The predicted octanol–water partition coefficient (Wildman–Crippen LogP) is -2.00. The summed E-state index contributed by atoms with van der Waals surface area (Å²) >= 11 is 0. The first-order valence-electron chi connectivity index (χ1n) is 22.0. The molecule has 8 atom stereocenters. The van der Waals surface area contributed by atoms with Crippen molar-refractivity contribution in [3.8, 4) is 0 Å². The van der Waals surface area contributed by atoms with E-state index in [1.807, 2.05) is 60.7 Å². The maximum absolute atomic E-state index is 13.1. The van der Waals surface area contributed by atoms with Crippen molar-refractivity contribution in [2.45, 2.75) is 101 Å². The third-order valence-corrected chi connectivity index (χ3v) is 14.5. The number of carbonyl (C=O) groups excluding carboxylic acids is 6. The molecule has 4 aromatic carbocycles. The molecule has 2 saturated heterocycles. The number of rotatable bonds is 20. The number of aliphatic carboxylic acids is 2. The van der Waals surface area contributed by atoms with Crippen LogP contribution in [0.3, 0.4) is 0 Å². The van der Waals surface area contributed by atoms with E-state index in [0.29, 0.717) is 62.5 Å². The van der Waals surface area contributed by atoms with Crippen LogP contribution in [0, 0.1) is 0 Å². The molecule has 2 N–H and O–H groups in total. The molecule has 68 heavy (non-hydrogen) atoms. The first-order valence-corrected chi connectivity index (χ1v) is 24.8. The molecule has 0 bridgehead atoms. The zero-order chi connectivity index (χ0) is 47.6. The van der Waals surface area contributed by atoms with Crippen LogP contribution in [0.4, 0.5) is 0 Å². The van der Waals surface area contributed by atoms with Crippen LogP contribution in [0.15, 0.2) is 121 Å². The van der Waals surface area contributed by atoms with Gasteiger partial charge in [0.25, 0.3) is 23.6 Å². The minimum absolute atomic E-state index is 0. The number of carboxylic acid groups (broad SMARTS) is 2. The fraction of sp³-hybridized carbons (Fsp3) is 0.375. The van der Waals surface area contributed by atoms with E-state index in [0.717, 1.165) is 11.1 Å². The van der Waals surface area contributed by atoms with Gasteiger partial charge in [0.15, 0.2) is 0 Å². The normalized spacial score (nSPS) is 17.8. The van der Waals surface area contributed by atoms with Gasteiger partial charge in [0.05, 0.1) is 24.0 Å². The van der Waals surface area contributed by atoms with Crippen LogP contribution in [-0.4, -0.2) is 94.3 Å². The van der Waals surface area contributed by atoms with Gasteiger partial charge in [-0.25, -0.2) is 0 Å². The Kier molecular flexibility index (Phi) is 24.8. The molecular formula is C48H56Li2N4O12P2. The number of benzene rings is 4. The van der Waals surface area contributed by atoms with Crippen LogP contribution in [-0.2, 0) is 50.2 Å². The third-order valence-electron chi connectivity index (χ3n) is 11.3. The Bertz CT molecular complexity index is 2140. The number of carboxylic acids is 2. The van der Waals surface area contributed by atoms with E-state index in [1.165, 1.54) is 23.6 Å². The zero-order valence-electron chi connectivity index (χ0n) is 38.9. The molecule has 0 aromatic heterocycles. The van der Waals surface area contributed by atoms with Gasteiger partial charge < -0.3 is 49.3 Å². The van der Waals surface area contributed by atoms with Crippen molar-refractivity contribution >= 4 is 51.6 Å². The molecule has 0 spiro atoms. The third kappa shape index (κ3) is 17.3. The molecule has 2 aliphatic rings. The monoisotopic (exact) mass is 956 g/mol. The van der Waals surface area contributed by atoms with Crippen molar-refractivity contribution in [2.24, 2.45) is 0 Å². The van der Waals surface area contributed by atoms with Crippen molar-refractivity contribution in [1.82, 2.24) is 20.4 Å². The second-order valence-corrected chi connectivity index (χ2v) is 19.1. The average Bonchev–Trinajstić information content (AvgIpc) is 4.04. The van der Waals surface area contributed by atoms with Gasteiger partial charge in [-0.05, 0) is 101 Å². The predicted molar refractivity (Wildman–Crippen MR) is 243 cm³/mol. The van der Waals surface area contributed by atoms with Gasteiger partial charge in [-0.15, -0.1) is 0 Å². The Hall–Kier alpha value is -4.73. The number of aryl methyl sites for hydroxylation is 2. The van der Waals surface area contributed by atoms with E-state index in [9.17, 15) is 48.1 Å². The maximum Gasteiger partial charge on any atom is 1.00 e. The van der Waals surface area contributed by atoms with Crippen molar-refractivity contribution < 1.29 is 94.9 Å². The average molecular weight is 957 g/mol. The first kappa shape index (κ1) is 57.6. The SMILES string of the molecule is CC(O[PH](=O)[C@@H](CCc1ccccc1)NC(=O)c1ccccc1)C(=O)N1CCC[C@H]1C(=O)[O-].CC(O[PH](=O)[C@@H](CCc1ccccc1)NC(=O)c1ccccc1)C(=O)N1CCC[C@H]1C(=O)[O-].[Li+].[Li+]. The molecule has 2 aliphatic heterocycles. The topological polar surface area (TPSA) is 232 Å². The van der Waals surface area contributed by atoms with Crippen molar-refractivity contribution in [1.29, 1.82) is 0 Å². The molecule has 0 saturated carbocycles. The quantitative estimate of drug-likeness (QED) is 0.0724. The smallest absolute Gasteiger partial charge is 0.548 e. The standard InChI is InChI=1S/2C24H29N2O6P.2Li/c2*1-17(23(28)26-16-8-13-20(26)24(29)30)32-33(31)21(15-14-18-9-4-2-5-10-18)25-22(27)19-11-6-3-7-12-19;;/h2*2-7,9-12,17,20-21,33H,8,13-16H2,1H3,(H,25,27)(H,29,30);;/q;;2*+1/p-2/t2*17?,20-,21-;;/m00../s1. The van der Waals surface area contributed by atoms with Gasteiger partial charge in [0.2, 0.25) is 16.1 Å².